The number of rotatable bonds is 7. The van der Waals surface area contributed by atoms with Crippen LogP contribution in [0.4, 0.5) is 0 Å². The maximum Gasteiger partial charge on any atom is 0.124 e. The van der Waals surface area contributed by atoms with Crippen LogP contribution in [0.1, 0.15) is 71.4 Å². The minimum atomic E-state index is 0.217. The SMILES string of the molecule is CCCNC(c1ccccc1OC(C)C)C1(C)CCCC1. The highest BCUT2D eigenvalue weighted by Crippen LogP contribution is 2.49. The Morgan fingerprint density at radius 2 is 1.86 bits per heavy atom. The van der Waals surface area contributed by atoms with Crippen molar-refractivity contribution in [2.24, 2.45) is 5.41 Å². The molecule has 0 aromatic heterocycles. The van der Waals surface area contributed by atoms with E-state index in [4.69, 9.17) is 4.74 Å². The molecule has 1 aromatic carbocycles. The van der Waals surface area contributed by atoms with Crippen molar-refractivity contribution in [1.29, 1.82) is 0 Å². The lowest BCUT2D eigenvalue weighted by Crippen LogP contribution is -2.35. The maximum atomic E-state index is 6.07. The van der Waals surface area contributed by atoms with Gasteiger partial charge in [0.1, 0.15) is 5.75 Å². The summed E-state index contributed by atoms with van der Waals surface area (Å²) in [7, 11) is 0. The van der Waals surface area contributed by atoms with Gasteiger partial charge in [0.05, 0.1) is 6.10 Å². The van der Waals surface area contributed by atoms with Gasteiger partial charge in [0, 0.05) is 11.6 Å². The van der Waals surface area contributed by atoms with Crippen molar-refractivity contribution >= 4 is 0 Å². The van der Waals surface area contributed by atoms with Crippen LogP contribution >= 0.6 is 0 Å². The number of nitrogens with one attached hydrogen (secondary N) is 1. The lowest BCUT2D eigenvalue weighted by Gasteiger charge is -2.36. The van der Waals surface area contributed by atoms with E-state index in [-0.39, 0.29) is 6.10 Å². The first-order chi connectivity index (χ1) is 10.1. The third kappa shape index (κ3) is 4.00. The summed E-state index contributed by atoms with van der Waals surface area (Å²) in [5.74, 6) is 1.05. The molecular formula is C19H31NO. The second-order valence-electron chi connectivity index (χ2n) is 6.95. The van der Waals surface area contributed by atoms with Crippen molar-refractivity contribution in [1.82, 2.24) is 5.32 Å². The number of para-hydroxylation sites is 1. The molecule has 1 fully saturated rings. The summed E-state index contributed by atoms with van der Waals surface area (Å²) in [4.78, 5) is 0. The molecule has 1 aromatic rings. The molecule has 2 heteroatoms. The molecule has 1 N–H and O–H groups in total. The molecule has 0 heterocycles. The van der Waals surface area contributed by atoms with Crippen molar-refractivity contribution in [3.63, 3.8) is 0 Å². The second kappa shape index (κ2) is 7.31. The Hall–Kier alpha value is -1.02. The van der Waals surface area contributed by atoms with Gasteiger partial charge in [-0.05, 0) is 51.1 Å². The zero-order chi connectivity index (χ0) is 15.3. The molecule has 0 aliphatic heterocycles. The van der Waals surface area contributed by atoms with Crippen LogP contribution in [-0.2, 0) is 0 Å². The van der Waals surface area contributed by atoms with E-state index in [2.05, 4.69) is 57.3 Å². The highest BCUT2D eigenvalue weighted by molar-refractivity contribution is 5.37. The highest BCUT2D eigenvalue weighted by atomic mass is 16.5. The molecule has 21 heavy (non-hydrogen) atoms. The van der Waals surface area contributed by atoms with Crippen molar-refractivity contribution in [2.75, 3.05) is 6.54 Å². The first-order valence-electron chi connectivity index (χ1n) is 8.56. The predicted molar refractivity (Wildman–Crippen MR) is 89.8 cm³/mol. The molecule has 0 radical (unpaired) electrons. The summed E-state index contributed by atoms with van der Waals surface area (Å²) in [6.45, 7) is 9.94. The second-order valence-corrected chi connectivity index (χ2v) is 6.95. The molecule has 2 nitrogen and oxygen atoms in total. The molecule has 1 saturated carbocycles. The molecule has 1 aliphatic rings. The van der Waals surface area contributed by atoms with Crippen molar-refractivity contribution < 1.29 is 4.74 Å². The largest absolute Gasteiger partial charge is 0.491 e. The predicted octanol–water partition coefficient (Wildman–Crippen LogP) is 5.09. The van der Waals surface area contributed by atoms with Gasteiger partial charge in [-0.25, -0.2) is 0 Å². The summed E-state index contributed by atoms with van der Waals surface area (Å²) < 4.78 is 6.07. The van der Waals surface area contributed by atoms with E-state index in [9.17, 15) is 0 Å². The van der Waals surface area contributed by atoms with E-state index >= 15 is 0 Å². The third-order valence-corrected chi connectivity index (χ3v) is 4.63. The van der Waals surface area contributed by atoms with E-state index in [0.717, 1.165) is 12.3 Å². The number of hydrogen-bond donors (Lipinski definition) is 1. The van der Waals surface area contributed by atoms with Crippen LogP contribution in [-0.4, -0.2) is 12.6 Å². The van der Waals surface area contributed by atoms with E-state index in [0.29, 0.717) is 11.5 Å². The lowest BCUT2D eigenvalue weighted by atomic mass is 9.77. The Balaban J connectivity index is 2.31. The Morgan fingerprint density at radius 1 is 1.19 bits per heavy atom. The van der Waals surface area contributed by atoms with Gasteiger partial charge >= 0.3 is 0 Å². The third-order valence-electron chi connectivity index (χ3n) is 4.63. The average Bonchev–Trinajstić information content (AvgIpc) is 2.88. The van der Waals surface area contributed by atoms with E-state index in [1.54, 1.807) is 0 Å². The minimum absolute atomic E-state index is 0.217. The molecule has 0 saturated heterocycles. The van der Waals surface area contributed by atoms with Gasteiger partial charge in [0.2, 0.25) is 0 Å². The van der Waals surface area contributed by atoms with Crippen LogP contribution in [0.15, 0.2) is 24.3 Å². The monoisotopic (exact) mass is 289 g/mol. The standard InChI is InChI=1S/C19H31NO/c1-5-14-20-18(19(4)12-8-9-13-19)16-10-6-7-11-17(16)21-15(2)3/h6-7,10-11,15,18,20H,5,8-9,12-14H2,1-4H3. The van der Waals surface area contributed by atoms with Gasteiger partial charge in [0.25, 0.3) is 0 Å². The Labute approximate surface area is 130 Å². The van der Waals surface area contributed by atoms with Gasteiger partial charge in [-0.15, -0.1) is 0 Å². The molecule has 0 amide bonds. The van der Waals surface area contributed by atoms with Crippen LogP contribution in [0, 0.1) is 5.41 Å². The summed E-state index contributed by atoms with van der Waals surface area (Å²) in [6, 6.07) is 8.98. The van der Waals surface area contributed by atoms with Crippen LogP contribution < -0.4 is 10.1 Å². The van der Waals surface area contributed by atoms with Crippen molar-refractivity contribution in [2.45, 2.75) is 71.9 Å². The molecule has 2 rings (SSSR count). The van der Waals surface area contributed by atoms with Gasteiger partial charge in [0.15, 0.2) is 0 Å². The number of ether oxygens (including phenoxy) is 1. The Bertz CT molecular complexity index is 435. The molecular weight excluding hydrogens is 258 g/mol. The summed E-state index contributed by atoms with van der Waals surface area (Å²) in [5.41, 5.74) is 1.69. The topological polar surface area (TPSA) is 21.3 Å². The molecule has 1 unspecified atom stereocenters. The van der Waals surface area contributed by atoms with Crippen LogP contribution in [0.25, 0.3) is 0 Å². The molecule has 0 bridgehead atoms. The molecule has 118 valence electrons. The van der Waals surface area contributed by atoms with Crippen LogP contribution in [0.3, 0.4) is 0 Å². The zero-order valence-electron chi connectivity index (χ0n) is 14.1. The van der Waals surface area contributed by atoms with Gasteiger partial charge in [-0.2, -0.15) is 0 Å². The zero-order valence-corrected chi connectivity index (χ0v) is 14.1. The summed E-state index contributed by atoms with van der Waals surface area (Å²) in [5, 5.41) is 3.80. The van der Waals surface area contributed by atoms with E-state index < -0.39 is 0 Å². The first kappa shape index (κ1) is 16.4. The average molecular weight is 289 g/mol. The fourth-order valence-electron chi connectivity index (χ4n) is 3.57. The molecule has 1 aliphatic carbocycles. The lowest BCUT2D eigenvalue weighted by molar-refractivity contribution is 0.202. The fourth-order valence-corrected chi connectivity index (χ4v) is 3.57. The smallest absolute Gasteiger partial charge is 0.124 e. The van der Waals surface area contributed by atoms with E-state index in [1.807, 2.05) is 0 Å². The van der Waals surface area contributed by atoms with E-state index in [1.165, 1.54) is 37.7 Å². The first-order valence-corrected chi connectivity index (χ1v) is 8.56. The Morgan fingerprint density at radius 3 is 2.48 bits per heavy atom. The summed E-state index contributed by atoms with van der Waals surface area (Å²) >= 11 is 0. The minimum Gasteiger partial charge on any atom is -0.491 e. The number of benzene rings is 1. The number of hydrogen-bond acceptors (Lipinski definition) is 2. The maximum absolute atomic E-state index is 6.07. The normalized spacial score (nSPS) is 18.9. The Kier molecular flexibility index (Phi) is 5.69. The fraction of sp³-hybridized carbons (Fsp3) is 0.684. The van der Waals surface area contributed by atoms with Crippen molar-refractivity contribution in [3.05, 3.63) is 29.8 Å². The summed E-state index contributed by atoms with van der Waals surface area (Å²) in [6.07, 6.45) is 6.71. The quantitative estimate of drug-likeness (QED) is 0.754. The van der Waals surface area contributed by atoms with Crippen LogP contribution in [0.5, 0.6) is 5.75 Å². The highest BCUT2D eigenvalue weighted by Gasteiger charge is 2.38. The van der Waals surface area contributed by atoms with Gasteiger partial charge < -0.3 is 10.1 Å². The van der Waals surface area contributed by atoms with Gasteiger partial charge in [-0.3, -0.25) is 0 Å². The van der Waals surface area contributed by atoms with Crippen LogP contribution in [0.2, 0.25) is 0 Å². The molecule has 0 spiro atoms. The van der Waals surface area contributed by atoms with Gasteiger partial charge in [-0.1, -0.05) is 44.9 Å². The van der Waals surface area contributed by atoms with Crippen molar-refractivity contribution in [3.8, 4) is 5.75 Å². The molecule has 1 atom stereocenters.